The molecule has 0 aliphatic carbocycles. The molecule has 0 spiro atoms. The third-order valence-corrected chi connectivity index (χ3v) is 5.53. The number of ether oxygens (including phenoxy) is 1. The summed E-state index contributed by atoms with van der Waals surface area (Å²) in [6.45, 7) is 9.72. The predicted octanol–water partition coefficient (Wildman–Crippen LogP) is 2.03. The topological polar surface area (TPSA) is 61.8 Å². The van der Waals surface area contributed by atoms with Gasteiger partial charge in [-0.3, -0.25) is 9.89 Å². The van der Waals surface area contributed by atoms with E-state index in [9.17, 15) is 0 Å². The molecule has 0 radical (unpaired) electrons. The number of aliphatic imine (C=N–C) groups is 1. The molecule has 0 aromatic carbocycles. The molecule has 8 heteroatoms. The highest BCUT2D eigenvalue weighted by atomic mass is 127. The van der Waals surface area contributed by atoms with Crippen molar-refractivity contribution in [3.8, 4) is 0 Å². The Bertz CT molecular complexity index is 553. The largest absolute Gasteiger partial charge is 0.373 e. The smallest absolute Gasteiger partial charge is 0.191 e. The molecule has 0 bridgehead atoms. The maximum absolute atomic E-state index is 5.98. The molecule has 2 atom stereocenters. The van der Waals surface area contributed by atoms with Gasteiger partial charge in [-0.2, -0.15) is 0 Å². The molecule has 1 aromatic heterocycles. The van der Waals surface area contributed by atoms with Gasteiger partial charge in [-0.1, -0.05) is 0 Å². The third kappa shape index (κ3) is 6.33. The first-order valence-electron chi connectivity index (χ1n) is 9.03. The summed E-state index contributed by atoms with van der Waals surface area (Å²) in [7, 11) is 0. The highest BCUT2D eigenvalue weighted by molar-refractivity contribution is 14.0. The van der Waals surface area contributed by atoms with E-state index < -0.39 is 0 Å². The number of rotatable bonds is 6. The van der Waals surface area contributed by atoms with Gasteiger partial charge >= 0.3 is 0 Å². The van der Waals surface area contributed by atoms with Crippen LogP contribution in [0.2, 0.25) is 0 Å². The van der Waals surface area contributed by atoms with Crippen LogP contribution in [0.15, 0.2) is 11.2 Å². The van der Waals surface area contributed by atoms with Gasteiger partial charge in [0.1, 0.15) is 0 Å². The average Bonchev–Trinajstić information content (AvgIpc) is 3.20. The minimum Gasteiger partial charge on any atom is -0.373 e. The normalized spacial score (nSPS) is 23.8. The fourth-order valence-corrected chi connectivity index (χ4v) is 4.12. The van der Waals surface area contributed by atoms with Crippen molar-refractivity contribution < 1.29 is 4.74 Å². The van der Waals surface area contributed by atoms with Crippen LogP contribution in [-0.2, 0) is 11.2 Å². The van der Waals surface area contributed by atoms with Crippen LogP contribution in [0.5, 0.6) is 0 Å². The number of aryl methyl sites for hydroxylation is 1. The van der Waals surface area contributed by atoms with Gasteiger partial charge in [0.05, 0.1) is 24.3 Å². The second-order valence-electron chi connectivity index (χ2n) is 6.51. The Labute approximate surface area is 171 Å². The van der Waals surface area contributed by atoms with Gasteiger partial charge in [-0.15, -0.1) is 35.3 Å². The number of guanidine groups is 1. The average molecular weight is 479 g/mol. The molecule has 3 rings (SSSR count). The SMILES string of the molecule is CCNC(=NCC1CN2CCCC2CO1)NCCc1ncc(C)s1.I. The molecule has 3 heterocycles. The van der Waals surface area contributed by atoms with E-state index in [1.807, 2.05) is 6.20 Å². The fraction of sp³-hybridized carbons (Fsp3) is 0.765. The van der Waals surface area contributed by atoms with Gasteiger partial charge in [0, 0.05) is 43.2 Å². The highest BCUT2D eigenvalue weighted by Crippen LogP contribution is 2.22. The molecule has 25 heavy (non-hydrogen) atoms. The molecule has 0 saturated carbocycles. The molecule has 1 aromatic rings. The molecular formula is C17H30IN5OS. The first-order valence-corrected chi connectivity index (χ1v) is 9.85. The van der Waals surface area contributed by atoms with E-state index in [1.165, 1.54) is 29.3 Å². The van der Waals surface area contributed by atoms with Crippen LogP contribution in [0.4, 0.5) is 0 Å². The van der Waals surface area contributed by atoms with Crippen LogP contribution in [0, 0.1) is 6.92 Å². The van der Waals surface area contributed by atoms with Crippen LogP contribution < -0.4 is 10.6 Å². The van der Waals surface area contributed by atoms with E-state index in [0.29, 0.717) is 6.04 Å². The van der Waals surface area contributed by atoms with Crippen LogP contribution in [0.1, 0.15) is 29.7 Å². The number of fused-ring (bicyclic) bond motifs is 1. The van der Waals surface area contributed by atoms with E-state index >= 15 is 0 Å². The Hall–Kier alpha value is -0.450. The zero-order valence-corrected chi connectivity index (χ0v) is 18.3. The van der Waals surface area contributed by atoms with Crippen molar-refractivity contribution in [1.29, 1.82) is 0 Å². The fourth-order valence-electron chi connectivity index (χ4n) is 3.34. The van der Waals surface area contributed by atoms with Gasteiger partial charge in [0.25, 0.3) is 0 Å². The predicted molar refractivity (Wildman–Crippen MR) is 114 cm³/mol. The second-order valence-corrected chi connectivity index (χ2v) is 7.83. The van der Waals surface area contributed by atoms with Gasteiger partial charge in [0.2, 0.25) is 0 Å². The van der Waals surface area contributed by atoms with Crippen LogP contribution >= 0.6 is 35.3 Å². The molecule has 2 aliphatic heterocycles. The lowest BCUT2D eigenvalue weighted by Gasteiger charge is -2.34. The number of thiazole rings is 1. The molecule has 6 nitrogen and oxygen atoms in total. The number of aromatic nitrogens is 1. The molecule has 2 saturated heterocycles. The first-order chi connectivity index (χ1) is 11.7. The lowest BCUT2D eigenvalue weighted by atomic mass is 10.2. The molecule has 2 fully saturated rings. The summed E-state index contributed by atoms with van der Waals surface area (Å²) < 4.78 is 5.98. The number of hydrogen-bond acceptors (Lipinski definition) is 5. The van der Waals surface area contributed by atoms with Crippen molar-refractivity contribution >= 4 is 41.3 Å². The molecule has 0 amide bonds. The molecule has 2 aliphatic rings. The minimum absolute atomic E-state index is 0. The number of hydrogen-bond donors (Lipinski definition) is 2. The highest BCUT2D eigenvalue weighted by Gasteiger charge is 2.31. The van der Waals surface area contributed by atoms with Crippen molar-refractivity contribution in [2.45, 2.75) is 45.3 Å². The van der Waals surface area contributed by atoms with Crippen molar-refractivity contribution in [2.75, 3.05) is 39.3 Å². The summed E-state index contributed by atoms with van der Waals surface area (Å²) in [5.41, 5.74) is 0. The summed E-state index contributed by atoms with van der Waals surface area (Å²) in [4.78, 5) is 12.9. The van der Waals surface area contributed by atoms with Crippen molar-refractivity contribution in [2.24, 2.45) is 4.99 Å². The molecule has 2 N–H and O–H groups in total. The quantitative estimate of drug-likeness (QED) is 0.372. The van der Waals surface area contributed by atoms with E-state index in [0.717, 1.165) is 45.2 Å². The van der Waals surface area contributed by atoms with Crippen LogP contribution in [0.3, 0.4) is 0 Å². The Morgan fingerprint density at radius 3 is 3.12 bits per heavy atom. The monoisotopic (exact) mass is 479 g/mol. The first kappa shape index (κ1) is 20.9. The van der Waals surface area contributed by atoms with E-state index in [4.69, 9.17) is 9.73 Å². The Balaban J connectivity index is 0.00000225. The summed E-state index contributed by atoms with van der Waals surface area (Å²) in [6, 6.07) is 0.651. The summed E-state index contributed by atoms with van der Waals surface area (Å²) in [5, 5.41) is 7.89. The minimum atomic E-state index is 0. The van der Waals surface area contributed by atoms with E-state index in [2.05, 4.69) is 34.4 Å². The lowest BCUT2D eigenvalue weighted by molar-refractivity contribution is -0.0432. The number of morpholine rings is 1. The molecule has 142 valence electrons. The standard InChI is InChI=1S/C17H29N5OS.HI/c1-3-18-17(19-7-6-16-20-9-13(2)24-16)21-10-15-11-22-8-4-5-14(22)12-23-15;/h9,14-15H,3-8,10-12H2,1-2H3,(H2,18,19,21);1H. The van der Waals surface area contributed by atoms with E-state index in [-0.39, 0.29) is 30.1 Å². The van der Waals surface area contributed by atoms with Crippen LogP contribution in [0.25, 0.3) is 0 Å². The van der Waals surface area contributed by atoms with Crippen LogP contribution in [-0.4, -0.2) is 67.3 Å². The molecule has 2 unspecified atom stereocenters. The molecular weight excluding hydrogens is 449 g/mol. The maximum atomic E-state index is 5.98. The maximum Gasteiger partial charge on any atom is 0.191 e. The Kier molecular flexibility index (Phi) is 8.88. The number of nitrogens with one attached hydrogen (secondary N) is 2. The van der Waals surface area contributed by atoms with E-state index in [1.54, 1.807) is 11.3 Å². The van der Waals surface area contributed by atoms with Gasteiger partial charge in [-0.25, -0.2) is 4.98 Å². The van der Waals surface area contributed by atoms with Crippen molar-refractivity contribution in [3.05, 3.63) is 16.1 Å². The van der Waals surface area contributed by atoms with Crippen molar-refractivity contribution in [3.63, 3.8) is 0 Å². The summed E-state index contributed by atoms with van der Waals surface area (Å²) >= 11 is 1.76. The van der Waals surface area contributed by atoms with Gasteiger partial charge < -0.3 is 15.4 Å². The summed E-state index contributed by atoms with van der Waals surface area (Å²) in [5.74, 6) is 0.873. The number of nitrogens with zero attached hydrogens (tertiary/aromatic N) is 3. The Morgan fingerprint density at radius 1 is 1.48 bits per heavy atom. The zero-order valence-electron chi connectivity index (χ0n) is 15.2. The van der Waals surface area contributed by atoms with Crippen molar-refractivity contribution in [1.82, 2.24) is 20.5 Å². The second kappa shape index (κ2) is 10.6. The lowest BCUT2D eigenvalue weighted by Crippen LogP contribution is -2.47. The zero-order chi connectivity index (χ0) is 16.8. The Morgan fingerprint density at radius 2 is 2.36 bits per heavy atom. The third-order valence-electron chi connectivity index (χ3n) is 4.56. The number of halogens is 1. The van der Waals surface area contributed by atoms with Gasteiger partial charge in [0.15, 0.2) is 5.96 Å². The van der Waals surface area contributed by atoms with Gasteiger partial charge in [-0.05, 0) is 33.2 Å². The summed E-state index contributed by atoms with van der Waals surface area (Å²) in [6.07, 6.45) is 5.68.